The first kappa shape index (κ1) is 18.6. The summed E-state index contributed by atoms with van der Waals surface area (Å²) in [6.45, 7) is -0.790. The van der Waals surface area contributed by atoms with Crippen molar-refractivity contribution in [2.24, 2.45) is 4.99 Å². The molecule has 1 saturated heterocycles. The van der Waals surface area contributed by atoms with Gasteiger partial charge in [0.15, 0.2) is 0 Å². The van der Waals surface area contributed by atoms with E-state index < -0.39 is 49.4 Å². The maximum atomic E-state index is 13.1. The zero-order chi connectivity index (χ0) is 17.9. The van der Waals surface area contributed by atoms with E-state index >= 15 is 0 Å². The lowest BCUT2D eigenvalue weighted by molar-refractivity contribution is -0.285. The summed E-state index contributed by atoms with van der Waals surface area (Å²) in [5.74, 6) is -1.70. The quantitative estimate of drug-likeness (QED) is 0.454. The predicted molar refractivity (Wildman–Crippen MR) is 74.4 cm³/mol. The lowest BCUT2D eigenvalue weighted by Gasteiger charge is -2.39. The molecule has 1 aliphatic heterocycles. The van der Waals surface area contributed by atoms with Crippen LogP contribution in [0.25, 0.3) is 0 Å². The molecule has 0 aromatic heterocycles. The maximum Gasteiger partial charge on any atom is 0.468 e. The molecule has 0 spiro atoms. The Bertz CT molecular complexity index is 565. The van der Waals surface area contributed by atoms with Gasteiger partial charge in [-0.1, -0.05) is 18.2 Å². The number of alkyl halides is 3. The smallest absolute Gasteiger partial charge is 0.441 e. The van der Waals surface area contributed by atoms with Crippen molar-refractivity contribution >= 4 is 11.6 Å². The fraction of sp³-hybridized carbons (Fsp3) is 0.500. The van der Waals surface area contributed by atoms with Gasteiger partial charge in [-0.25, -0.2) is 4.99 Å². The average Bonchev–Trinajstić information content (AvgIpc) is 2.54. The minimum absolute atomic E-state index is 0.0468. The molecule has 0 aliphatic carbocycles. The minimum Gasteiger partial charge on any atom is -0.441 e. The van der Waals surface area contributed by atoms with Crippen molar-refractivity contribution in [3.05, 3.63) is 30.3 Å². The van der Waals surface area contributed by atoms with E-state index in [0.29, 0.717) is 0 Å². The fourth-order valence-corrected chi connectivity index (χ4v) is 2.05. The summed E-state index contributed by atoms with van der Waals surface area (Å²) < 4.78 is 48.7. The van der Waals surface area contributed by atoms with E-state index in [1.165, 1.54) is 24.3 Å². The molecule has 4 N–H and O–H groups in total. The van der Waals surface area contributed by atoms with Crippen LogP contribution in [0.1, 0.15) is 0 Å². The van der Waals surface area contributed by atoms with Crippen LogP contribution in [0.4, 0.5) is 18.9 Å². The van der Waals surface area contributed by atoms with Gasteiger partial charge < -0.3 is 29.9 Å². The van der Waals surface area contributed by atoms with E-state index in [9.17, 15) is 28.5 Å². The molecule has 0 unspecified atom stereocenters. The van der Waals surface area contributed by atoms with Crippen molar-refractivity contribution in [1.82, 2.24) is 0 Å². The van der Waals surface area contributed by atoms with Crippen molar-refractivity contribution in [2.75, 3.05) is 6.61 Å². The predicted octanol–water partition coefficient (Wildman–Crippen LogP) is 0.0954. The van der Waals surface area contributed by atoms with Crippen LogP contribution in [0.15, 0.2) is 35.3 Å². The molecule has 5 atom stereocenters. The second-order valence-corrected chi connectivity index (χ2v) is 5.07. The highest BCUT2D eigenvalue weighted by Crippen LogP contribution is 2.27. The summed E-state index contributed by atoms with van der Waals surface area (Å²) in [4.78, 5) is 3.33. The molecule has 1 fully saturated rings. The first-order valence-corrected chi connectivity index (χ1v) is 6.92. The van der Waals surface area contributed by atoms with Gasteiger partial charge in [-0.05, 0) is 12.1 Å². The first-order chi connectivity index (χ1) is 11.2. The summed E-state index contributed by atoms with van der Waals surface area (Å²) >= 11 is 0. The van der Waals surface area contributed by atoms with Crippen LogP contribution in [-0.4, -0.2) is 69.8 Å². The SMILES string of the molecule is OC[C@H]1O[C@@H](OC(=Nc2ccccc2)C(F)(F)F)[C@H](O)[C@@H](O)[C@H]1O. The summed E-state index contributed by atoms with van der Waals surface area (Å²) in [5, 5.41) is 37.9. The van der Waals surface area contributed by atoms with Gasteiger partial charge in [0, 0.05) is 0 Å². The van der Waals surface area contributed by atoms with Crippen LogP contribution < -0.4 is 0 Å². The zero-order valence-corrected chi connectivity index (χ0v) is 12.2. The van der Waals surface area contributed by atoms with Crippen molar-refractivity contribution in [2.45, 2.75) is 36.9 Å². The second-order valence-electron chi connectivity index (χ2n) is 5.07. The van der Waals surface area contributed by atoms with Gasteiger partial charge in [0.05, 0.1) is 12.3 Å². The minimum atomic E-state index is -4.99. The highest BCUT2D eigenvalue weighted by molar-refractivity contribution is 5.84. The van der Waals surface area contributed by atoms with Crippen molar-refractivity contribution < 1.29 is 43.1 Å². The monoisotopic (exact) mass is 351 g/mol. The number of aliphatic imine (C=N–C) groups is 1. The van der Waals surface area contributed by atoms with Crippen molar-refractivity contribution in [3.8, 4) is 0 Å². The molecule has 7 nitrogen and oxygen atoms in total. The largest absolute Gasteiger partial charge is 0.468 e. The number of aliphatic hydroxyl groups is 4. The highest BCUT2D eigenvalue weighted by atomic mass is 19.4. The number of benzene rings is 1. The number of hydrogen-bond acceptors (Lipinski definition) is 7. The molecule has 0 bridgehead atoms. The van der Waals surface area contributed by atoms with Crippen LogP contribution in [0, 0.1) is 0 Å². The van der Waals surface area contributed by atoms with Gasteiger partial charge in [-0.3, -0.25) is 0 Å². The lowest BCUT2D eigenvalue weighted by Crippen LogP contribution is -2.59. The summed E-state index contributed by atoms with van der Waals surface area (Å²) in [7, 11) is 0. The van der Waals surface area contributed by atoms with E-state index in [-0.39, 0.29) is 5.69 Å². The Labute approximate surface area is 134 Å². The molecular formula is C14H16F3NO6. The molecule has 0 saturated carbocycles. The van der Waals surface area contributed by atoms with E-state index in [4.69, 9.17) is 9.84 Å². The molecule has 1 aromatic carbocycles. The molecule has 1 aliphatic rings. The molecule has 0 amide bonds. The van der Waals surface area contributed by atoms with Crippen LogP contribution in [0.3, 0.4) is 0 Å². The summed E-state index contributed by atoms with van der Waals surface area (Å²) in [5.41, 5.74) is -0.0468. The van der Waals surface area contributed by atoms with Gasteiger partial charge in [0.2, 0.25) is 6.29 Å². The van der Waals surface area contributed by atoms with E-state index in [2.05, 4.69) is 9.73 Å². The Hall–Kier alpha value is -1.72. The Kier molecular flexibility index (Phi) is 5.78. The number of aliphatic hydroxyl groups excluding tert-OH is 4. The Morgan fingerprint density at radius 2 is 1.71 bits per heavy atom. The number of rotatable bonds is 3. The molecular weight excluding hydrogens is 335 g/mol. The Morgan fingerprint density at radius 3 is 2.25 bits per heavy atom. The zero-order valence-electron chi connectivity index (χ0n) is 12.2. The Balaban J connectivity index is 2.25. The normalized spacial score (nSPS) is 31.8. The fourth-order valence-electron chi connectivity index (χ4n) is 2.05. The van der Waals surface area contributed by atoms with E-state index in [1.807, 2.05) is 0 Å². The third kappa shape index (κ3) is 4.22. The average molecular weight is 351 g/mol. The number of para-hydroxylation sites is 1. The molecule has 1 heterocycles. The van der Waals surface area contributed by atoms with Gasteiger partial charge in [0.1, 0.15) is 24.4 Å². The van der Waals surface area contributed by atoms with E-state index in [1.54, 1.807) is 6.07 Å². The van der Waals surface area contributed by atoms with Crippen LogP contribution in [0.2, 0.25) is 0 Å². The molecule has 134 valence electrons. The van der Waals surface area contributed by atoms with Gasteiger partial charge in [-0.15, -0.1) is 0 Å². The maximum absolute atomic E-state index is 13.1. The Morgan fingerprint density at radius 1 is 1.08 bits per heavy atom. The summed E-state index contributed by atoms with van der Waals surface area (Å²) in [6, 6.07) is 7.15. The first-order valence-electron chi connectivity index (χ1n) is 6.92. The number of hydrogen-bond donors (Lipinski definition) is 4. The third-order valence-electron chi connectivity index (χ3n) is 3.31. The highest BCUT2D eigenvalue weighted by Gasteiger charge is 2.48. The number of ether oxygens (including phenoxy) is 2. The van der Waals surface area contributed by atoms with Crippen LogP contribution in [0.5, 0.6) is 0 Å². The standard InChI is InChI=1S/C14H16F3NO6/c15-14(16,17)13(18-7-4-2-1-3-5-7)24-12-11(22)10(21)9(20)8(6-19)23-12/h1-5,8-12,19-22H,6H2/t8-,9+,10+,11-,12+/m1/s1. The van der Waals surface area contributed by atoms with Gasteiger partial charge in [-0.2, -0.15) is 13.2 Å². The second kappa shape index (κ2) is 7.45. The van der Waals surface area contributed by atoms with Crippen molar-refractivity contribution in [1.29, 1.82) is 0 Å². The van der Waals surface area contributed by atoms with Gasteiger partial charge >= 0.3 is 6.18 Å². The topological polar surface area (TPSA) is 112 Å². The van der Waals surface area contributed by atoms with E-state index in [0.717, 1.165) is 0 Å². The van der Waals surface area contributed by atoms with Gasteiger partial charge in [0.25, 0.3) is 5.90 Å². The van der Waals surface area contributed by atoms with Crippen LogP contribution in [-0.2, 0) is 9.47 Å². The number of nitrogens with zero attached hydrogens (tertiary/aromatic N) is 1. The summed E-state index contributed by atoms with van der Waals surface area (Å²) in [6.07, 6.45) is -13.9. The molecule has 0 radical (unpaired) electrons. The molecule has 1 aromatic rings. The molecule has 24 heavy (non-hydrogen) atoms. The van der Waals surface area contributed by atoms with Crippen LogP contribution >= 0.6 is 0 Å². The third-order valence-corrected chi connectivity index (χ3v) is 3.31. The molecule has 10 heteroatoms. The lowest BCUT2D eigenvalue weighted by atomic mass is 9.99. The van der Waals surface area contributed by atoms with Crippen molar-refractivity contribution in [3.63, 3.8) is 0 Å². The molecule has 2 rings (SSSR count). The number of halogens is 3.